The van der Waals surface area contributed by atoms with Gasteiger partial charge in [0.05, 0.1) is 0 Å². The summed E-state index contributed by atoms with van der Waals surface area (Å²) < 4.78 is 11.1. The van der Waals surface area contributed by atoms with Crippen molar-refractivity contribution in [3.63, 3.8) is 0 Å². The van der Waals surface area contributed by atoms with E-state index in [4.69, 9.17) is 9.47 Å². The second-order valence-corrected chi connectivity index (χ2v) is 10.6. The molecule has 2 aromatic rings. The average Bonchev–Trinajstić information content (AvgIpc) is 2.89. The number of rotatable bonds is 14. The second kappa shape index (κ2) is 15.5. The van der Waals surface area contributed by atoms with Crippen molar-refractivity contribution in [2.24, 2.45) is 0 Å². The molecule has 3 atom stereocenters. The fraction of sp³-hybridized carbons (Fsp3) is 0.467. The van der Waals surface area contributed by atoms with E-state index in [0.29, 0.717) is 18.8 Å². The van der Waals surface area contributed by atoms with Crippen LogP contribution in [0.4, 0.5) is 4.79 Å². The molecule has 0 saturated carbocycles. The molecule has 0 fully saturated rings. The van der Waals surface area contributed by atoms with Crippen molar-refractivity contribution in [3.8, 4) is 5.75 Å². The third-order valence-electron chi connectivity index (χ3n) is 5.83. The van der Waals surface area contributed by atoms with E-state index in [0.717, 1.165) is 17.5 Å². The summed E-state index contributed by atoms with van der Waals surface area (Å²) in [7, 11) is 0. The molecule has 0 unspecified atom stereocenters. The van der Waals surface area contributed by atoms with Crippen molar-refractivity contribution in [3.05, 3.63) is 65.7 Å². The van der Waals surface area contributed by atoms with Gasteiger partial charge in [-0.3, -0.25) is 9.59 Å². The number of carbonyl (C=O) groups excluding carboxylic acids is 3. The summed E-state index contributed by atoms with van der Waals surface area (Å²) in [5.74, 6) is -1.73. The van der Waals surface area contributed by atoms with E-state index in [-0.39, 0.29) is 12.8 Å². The lowest BCUT2D eigenvalue weighted by Gasteiger charge is -2.25. The Labute approximate surface area is 235 Å². The molecule has 0 bridgehead atoms. The first-order valence-corrected chi connectivity index (χ1v) is 13.5. The Bertz CT molecular complexity index is 1110. The van der Waals surface area contributed by atoms with Crippen molar-refractivity contribution in [1.29, 1.82) is 0 Å². The average molecular weight is 556 g/mol. The summed E-state index contributed by atoms with van der Waals surface area (Å²) in [5.41, 5.74) is 0.995. The minimum absolute atomic E-state index is 0.118. The van der Waals surface area contributed by atoms with Crippen LogP contribution in [0.1, 0.15) is 65.0 Å². The van der Waals surface area contributed by atoms with Gasteiger partial charge in [0, 0.05) is 6.42 Å². The number of carboxylic acids is 1. The molecule has 10 nitrogen and oxygen atoms in total. The van der Waals surface area contributed by atoms with Gasteiger partial charge in [-0.25, -0.2) is 9.59 Å². The van der Waals surface area contributed by atoms with Crippen LogP contribution in [0.5, 0.6) is 5.75 Å². The van der Waals surface area contributed by atoms with Crippen molar-refractivity contribution >= 4 is 23.9 Å². The molecule has 2 aromatic carbocycles. The number of aliphatic carboxylic acids is 1. The van der Waals surface area contributed by atoms with Crippen LogP contribution in [0.3, 0.4) is 0 Å². The topological polar surface area (TPSA) is 143 Å². The van der Waals surface area contributed by atoms with E-state index < -0.39 is 47.6 Å². The highest BCUT2D eigenvalue weighted by atomic mass is 16.6. The van der Waals surface area contributed by atoms with Gasteiger partial charge in [0.25, 0.3) is 0 Å². The molecule has 218 valence electrons. The molecule has 0 radical (unpaired) electrons. The number of amides is 3. The quantitative estimate of drug-likeness (QED) is 0.276. The molecule has 40 heavy (non-hydrogen) atoms. The number of hydrogen-bond acceptors (Lipinski definition) is 6. The number of benzene rings is 2. The lowest BCUT2D eigenvalue weighted by molar-refractivity contribution is -0.142. The normalized spacial score (nSPS) is 13.3. The van der Waals surface area contributed by atoms with Gasteiger partial charge in [-0.2, -0.15) is 0 Å². The molecule has 0 aromatic heterocycles. The number of carbonyl (C=O) groups is 4. The Morgan fingerprint density at radius 1 is 0.850 bits per heavy atom. The largest absolute Gasteiger partial charge is 0.489 e. The van der Waals surface area contributed by atoms with Gasteiger partial charge in [-0.15, -0.1) is 0 Å². The van der Waals surface area contributed by atoms with Crippen LogP contribution in [0.15, 0.2) is 54.6 Å². The summed E-state index contributed by atoms with van der Waals surface area (Å²) in [4.78, 5) is 49.8. The second-order valence-electron chi connectivity index (χ2n) is 10.6. The molecular weight excluding hydrogens is 514 g/mol. The first kappa shape index (κ1) is 32.1. The highest BCUT2D eigenvalue weighted by Gasteiger charge is 2.28. The first-order chi connectivity index (χ1) is 18.9. The Morgan fingerprint density at radius 2 is 1.50 bits per heavy atom. The molecule has 0 heterocycles. The number of nitrogens with one attached hydrogen (secondary N) is 3. The Hall–Kier alpha value is -4.08. The van der Waals surface area contributed by atoms with E-state index in [9.17, 15) is 24.3 Å². The molecule has 10 heteroatoms. The highest BCUT2D eigenvalue weighted by molar-refractivity contribution is 5.92. The Kier molecular flexibility index (Phi) is 12.4. The molecule has 2 rings (SSSR count). The summed E-state index contributed by atoms with van der Waals surface area (Å²) in [6.45, 7) is 8.91. The van der Waals surface area contributed by atoms with Crippen molar-refractivity contribution in [1.82, 2.24) is 16.0 Å². The van der Waals surface area contributed by atoms with Gasteiger partial charge in [0.15, 0.2) is 0 Å². The number of alkyl carbamates (subject to hydrolysis) is 1. The van der Waals surface area contributed by atoms with Gasteiger partial charge >= 0.3 is 12.1 Å². The van der Waals surface area contributed by atoms with E-state index in [2.05, 4.69) is 16.0 Å². The monoisotopic (exact) mass is 555 g/mol. The van der Waals surface area contributed by atoms with E-state index in [1.165, 1.54) is 6.92 Å². The number of ether oxygens (including phenoxy) is 2. The fourth-order valence-corrected chi connectivity index (χ4v) is 3.70. The number of carboxylic acid groups (broad SMARTS) is 1. The lowest BCUT2D eigenvalue weighted by atomic mass is 10.0. The van der Waals surface area contributed by atoms with E-state index in [1.54, 1.807) is 45.0 Å². The van der Waals surface area contributed by atoms with Crippen LogP contribution in [0.2, 0.25) is 0 Å². The van der Waals surface area contributed by atoms with Crippen LogP contribution in [-0.4, -0.2) is 52.7 Å². The van der Waals surface area contributed by atoms with E-state index in [1.807, 2.05) is 37.3 Å². The number of unbranched alkanes of at least 4 members (excludes halogenated alkanes) is 1. The minimum Gasteiger partial charge on any atom is -0.489 e. The predicted octanol–water partition coefficient (Wildman–Crippen LogP) is 3.97. The molecule has 0 spiro atoms. The van der Waals surface area contributed by atoms with Crippen LogP contribution in [0.25, 0.3) is 0 Å². The summed E-state index contributed by atoms with van der Waals surface area (Å²) >= 11 is 0. The highest BCUT2D eigenvalue weighted by Crippen LogP contribution is 2.16. The molecule has 0 aliphatic carbocycles. The molecule has 3 amide bonds. The Morgan fingerprint density at radius 3 is 2.08 bits per heavy atom. The first-order valence-electron chi connectivity index (χ1n) is 13.5. The molecule has 0 saturated heterocycles. The summed E-state index contributed by atoms with van der Waals surface area (Å²) in [6, 6.07) is 13.7. The zero-order valence-electron chi connectivity index (χ0n) is 23.9. The van der Waals surface area contributed by atoms with Gasteiger partial charge in [-0.05, 0) is 57.4 Å². The third-order valence-corrected chi connectivity index (χ3v) is 5.83. The van der Waals surface area contributed by atoms with Crippen molar-refractivity contribution < 1.29 is 33.8 Å². The molecule has 0 aliphatic rings. The van der Waals surface area contributed by atoms with Crippen LogP contribution < -0.4 is 20.7 Å². The van der Waals surface area contributed by atoms with Gasteiger partial charge < -0.3 is 30.5 Å². The third kappa shape index (κ3) is 11.8. The van der Waals surface area contributed by atoms with Gasteiger partial charge in [0.1, 0.15) is 36.1 Å². The molecule has 0 aliphatic heterocycles. The molecule has 4 N–H and O–H groups in total. The maximum Gasteiger partial charge on any atom is 0.408 e. The predicted molar refractivity (Wildman–Crippen MR) is 151 cm³/mol. The van der Waals surface area contributed by atoms with Crippen LogP contribution >= 0.6 is 0 Å². The van der Waals surface area contributed by atoms with Crippen LogP contribution in [0, 0.1) is 0 Å². The summed E-state index contributed by atoms with van der Waals surface area (Å²) in [5, 5.41) is 17.0. The SMILES string of the molecule is CCCC[C@H](NC(=O)[C@@H](C)NC(=O)[C@@H](Cc1ccc(OCc2ccccc2)cc1)NC(=O)OC(C)(C)C)C(=O)O. The Balaban J connectivity index is 2.08. The zero-order chi connectivity index (χ0) is 29.7. The molecular formula is C30H41N3O7. The minimum atomic E-state index is -1.14. The van der Waals surface area contributed by atoms with Gasteiger partial charge in [0.2, 0.25) is 11.8 Å². The van der Waals surface area contributed by atoms with Crippen molar-refractivity contribution in [2.75, 3.05) is 0 Å². The standard InChI is InChI=1S/C30H41N3O7/c1-6-7-13-24(28(36)37)32-26(34)20(2)31-27(35)25(33-29(38)40-30(3,4)5)18-21-14-16-23(17-15-21)39-19-22-11-9-8-10-12-22/h8-12,14-17,20,24-25H,6-7,13,18-19H2,1-5H3,(H,31,35)(H,32,34)(H,33,38)(H,36,37)/t20-,24+,25-/m1/s1. The fourth-order valence-electron chi connectivity index (χ4n) is 3.70. The van der Waals surface area contributed by atoms with E-state index >= 15 is 0 Å². The smallest absolute Gasteiger partial charge is 0.408 e. The van der Waals surface area contributed by atoms with Crippen LogP contribution in [-0.2, 0) is 32.1 Å². The van der Waals surface area contributed by atoms with Gasteiger partial charge in [-0.1, -0.05) is 62.2 Å². The summed E-state index contributed by atoms with van der Waals surface area (Å²) in [6.07, 6.45) is 1.04. The lowest BCUT2D eigenvalue weighted by Crippen LogP contribution is -2.55. The number of hydrogen-bond donors (Lipinski definition) is 4. The maximum atomic E-state index is 13.2. The zero-order valence-corrected chi connectivity index (χ0v) is 23.9. The maximum absolute atomic E-state index is 13.2. The van der Waals surface area contributed by atoms with Crippen molar-refractivity contribution in [2.45, 2.75) is 90.6 Å².